The van der Waals surface area contributed by atoms with Gasteiger partial charge in [0.1, 0.15) is 0 Å². The molecule has 2 N–H and O–H groups in total. The highest BCUT2D eigenvalue weighted by atomic mass is 14.8. The Morgan fingerprint density at radius 3 is 2.33 bits per heavy atom. The second-order valence-electron chi connectivity index (χ2n) is 6.15. The van der Waals surface area contributed by atoms with E-state index in [0.717, 1.165) is 24.8 Å². The Hall–Kier alpha value is -2.19. The molecule has 0 saturated carbocycles. The van der Waals surface area contributed by atoms with Crippen LogP contribution in [0.1, 0.15) is 16.7 Å². The molecule has 0 atom stereocenters. The highest BCUT2D eigenvalue weighted by Crippen LogP contribution is 2.32. The smallest absolute Gasteiger partial charge is 0.0704 e. The van der Waals surface area contributed by atoms with Crippen LogP contribution in [-0.4, -0.2) is 10.5 Å². The van der Waals surface area contributed by atoms with Crippen LogP contribution in [0, 0.1) is 0 Å². The van der Waals surface area contributed by atoms with Crippen molar-refractivity contribution in [3.63, 3.8) is 0 Å². The van der Waals surface area contributed by atoms with Gasteiger partial charge in [-0.15, -0.1) is 0 Å². The average molecular weight is 274 g/mol. The van der Waals surface area contributed by atoms with Gasteiger partial charge in [0, 0.05) is 17.1 Å². The highest BCUT2D eigenvalue weighted by molar-refractivity contribution is 5.82. The molecule has 0 fully saturated rings. The summed E-state index contributed by atoms with van der Waals surface area (Å²) in [5, 5.41) is 1.22. The van der Waals surface area contributed by atoms with E-state index < -0.39 is 0 Å². The largest absolute Gasteiger partial charge is 0.324 e. The molecule has 0 radical (unpaired) electrons. The summed E-state index contributed by atoms with van der Waals surface area (Å²) in [6.07, 6.45) is 4.70. The molecule has 0 spiro atoms. The predicted molar refractivity (Wildman–Crippen MR) is 86.2 cm³/mol. The Kier molecular flexibility index (Phi) is 2.79. The van der Waals surface area contributed by atoms with Gasteiger partial charge in [-0.2, -0.15) is 0 Å². The zero-order chi connectivity index (χ0) is 14.3. The van der Waals surface area contributed by atoms with Gasteiger partial charge in [-0.3, -0.25) is 4.98 Å². The number of rotatable bonds is 2. The first-order chi connectivity index (χ1) is 10.2. The van der Waals surface area contributed by atoms with Crippen LogP contribution in [-0.2, 0) is 19.3 Å². The van der Waals surface area contributed by atoms with Crippen LogP contribution < -0.4 is 5.73 Å². The molecule has 2 heteroatoms. The van der Waals surface area contributed by atoms with Crippen molar-refractivity contribution in [1.29, 1.82) is 0 Å². The summed E-state index contributed by atoms with van der Waals surface area (Å²) in [6.45, 7) is 0. The van der Waals surface area contributed by atoms with Crippen molar-refractivity contribution in [2.24, 2.45) is 5.73 Å². The first kappa shape index (κ1) is 12.5. The van der Waals surface area contributed by atoms with E-state index in [9.17, 15) is 0 Å². The minimum Gasteiger partial charge on any atom is -0.324 e. The van der Waals surface area contributed by atoms with E-state index >= 15 is 0 Å². The second-order valence-corrected chi connectivity index (χ2v) is 6.15. The molecule has 1 aliphatic carbocycles. The standard InChI is InChI=1S/C19H18N2/c20-19(11-14-5-1-2-6-15(14)12-19)13-16-9-10-21-18-8-4-3-7-17(16)18/h1-10H,11-13,20H2. The molecule has 0 saturated heterocycles. The summed E-state index contributed by atoms with van der Waals surface area (Å²) < 4.78 is 0. The minimum absolute atomic E-state index is 0.173. The van der Waals surface area contributed by atoms with E-state index in [0.29, 0.717) is 0 Å². The van der Waals surface area contributed by atoms with Gasteiger partial charge in [0.2, 0.25) is 0 Å². The lowest BCUT2D eigenvalue weighted by atomic mass is 9.88. The maximum absolute atomic E-state index is 6.71. The number of pyridine rings is 1. The van der Waals surface area contributed by atoms with E-state index in [4.69, 9.17) is 5.73 Å². The normalized spacial score (nSPS) is 16.0. The molecule has 4 rings (SSSR count). The van der Waals surface area contributed by atoms with Crippen molar-refractivity contribution in [3.05, 3.63) is 77.5 Å². The monoisotopic (exact) mass is 274 g/mol. The van der Waals surface area contributed by atoms with Crippen LogP contribution in [0.25, 0.3) is 10.9 Å². The molecular formula is C19H18N2. The lowest BCUT2D eigenvalue weighted by molar-refractivity contribution is 0.447. The number of benzene rings is 2. The van der Waals surface area contributed by atoms with Gasteiger partial charge in [0.25, 0.3) is 0 Å². The van der Waals surface area contributed by atoms with Crippen molar-refractivity contribution in [2.75, 3.05) is 0 Å². The third-order valence-corrected chi connectivity index (χ3v) is 4.49. The SMILES string of the molecule is NC1(Cc2ccnc3ccccc23)Cc2ccccc2C1. The van der Waals surface area contributed by atoms with Crippen molar-refractivity contribution < 1.29 is 0 Å². The van der Waals surface area contributed by atoms with E-state index in [1.54, 1.807) is 0 Å². The van der Waals surface area contributed by atoms with Crippen molar-refractivity contribution >= 4 is 10.9 Å². The summed E-state index contributed by atoms with van der Waals surface area (Å²) >= 11 is 0. The number of nitrogens with two attached hydrogens (primary N) is 1. The zero-order valence-electron chi connectivity index (χ0n) is 11.9. The fourth-order valence-corrected chi connectivity index (χ4v) is 3.54. The minimum atomic E-state index is -0.173. The van der Waals surface area contributed by atoms with Crippen LogP contribution in [0.15, 0.2) is 60.8 Å². The van der Waals surface area contributed by atoms with Gasteiger partial charge in [-0.1, -0.05) is 42.5 Å². The molecule has 2 nitrogen and oxygen atoms in total. The summed E-state index contributed by atoms with van der Waals surface area (Å²) in [6, 6.07) is 19.0. The highest BCUT2D eigenvalue weighted by Gasteiger charge is 2.33. The molecule has 0 amide bonds. The molecule has 1 aliphatic rings. The molecular weight excluding hydrogens is 256 g/mol. The second kappa shape index (κ2) is 4.68. The molecule has 1 heterocycles. The topological polar surface area (TPSA) is 38.9 Å². The van der Waals surface area contributed by atoms with Gasteiger partial charge >= 0.3 is 0 Å². The fourth-order valence-electron chi connectivity index (χ4n) is 3.54. The Morgan fingerprint density at radius 2 is 1.57 bits per heavy atom. The predicted octanol–water partition coefficient (Wildman–Crippen LogP) is 3.27. The fraction of sp³-hybridized carbons (Fsp3) is 0.211. The first-order valence-corrected chi connectivity index (χ1v) is 7.42. The zero-order valence-corrected chi connectivity index (χ0v) is 11.9. The van der Waals surface area contributed by atoms with E-state index in [1.807, 2.05) is 12.3 Å². The van der Waals surface area contributed by atoms with E-state index in [2.05, 4.69) is 53.5 Å². The van der Waals surface area contributed by atoms with Crippen LogP contribution in [0.3, 0.4) is 0 Å². The molecule has 2 aromatic carbocycles. The van der Waals surface area contributed by atoms with Crippen molar-refractivity contribution in [3.8, 4) is 0 Å². The van der Waals surface area contributed by atoms with Crippen molar-refractivity contribution in [1.82, 2.24) is 4.98 Å². The molecule has 0 bridgehead atoms. The van der Waals surface area contributed by atoms with Gasteiger partial charge in [-0.05, 0) is 48.1 Å². The molecule has 21 heavy (non-hydrogen) atoms. The third-order valence-electron chi connectivity index (χ3n) is 4.49. The molecule has 0 aliphatic heterocycles. The Balaban J connectivity index is 1.70. The number of aromatic nitrogens is 1. The summed E-state index contributed by atoms with van der Waals surface area (Å²) in [4.78, 5) is 4.44. The van der Waals surface area contributed by atoms with Gasteiger partial charge in [0.15, 0.2) is 0 Å². The van der Waals surface area contributed by atoms with Crippen LogP contribution in [0.4, 0.5) is 0 Å². The van der Waals surface area contributed by atoms with Gasteiger partial charge < -0.3 is 5.73 Å². The van der Waals surface area contributed by atoms with Crippen LogP contribution in [0.2, 0.25) is 0 Å². The maximum Gasteiger partial charge on any atom is 0.0704 e. The third kappa shape index (κ3) is 2.22. The molecule has 0 unspecified atom stereocenters. The summed E-state index contributed by atoms with van der Waals surface area (Å²) in [5.41, 5.74) is 11.7. The molecule has 1 aromatic heterocycles. The first-order valence-electron chi connectivity index (χ1n) is 7.42. The van der Waals surface area contributed by atoms with Gasteiger partial charge in [0.05, 0.1) is 5.52 Å². The van der Waals surface area contributed by atoms with Crippen LogP contribution >= 0.6 is 0 Å². The van der Waals surface area contributed by atoms with E-state index in [-0.39, 0.29) is 5.54 Å². The van der Waals surface area contributed by atoms with Crippen molar-refractivity contribution in [2.45, 2.75) is 24.8 Å². The number of fused-ring (bicyclic) bond motifs is 2. The summed E-state index contributed by atoms with van der Waals surface area (Å²) in [5.74, 6) is 0. The lowest BCUT2D eigenvalue weighted by Gasteiger charge is -2.24. The number of para-hydroxylation sites is 1. The number of hydrogen-bond donors (Lipinski definition) is 1. The Labute approximate surface area is 124 Å². The van der Waals surface area contributed by atoms with Crippen LogP contribution in [0.5, 0.6) is 0 Å². The number of nitrogens with zero attached hydrogens (tertiary/aromatic N) is 1. The maximum atomic E-state index is 6.71. The average Bonchev–Trinajstić information content (AvgIpc) is 2.83. The number of hydrogen-bond acceptors (Lipinski definition) is 2. The van der Waals surface area contributed by atoms with Gasteiger partial charge in [-0.25, -0.2) is 0 Å². The summed E-state index contributed by atoms with van der Waals surface area (Å²) in [7, 11) is 0. The Bertz CT molecular complexity index is 777. The molecule has 3 aromatic rings. The Morgan fingerprint density at radius 1 is 0.905 bits per heavy atom. The molecule has 104 valence electrons. The lowest BCUT2D eigenvalue weighted by Crippen LogP contribution is -2.43. The quantitative estimate of drug-likeness (QED) is 0.779. The van der Waals surface area contributed by atoms with E-state index in [1.165, 1.54) is 22.1 Å².